The number of nitrogen functional groups attached to an aromatic ring is 1. The monoisotopic (exact) mass is 357 g/mol. The zero-order chi connectivity index (χ0) is 18.8. The third kappa shape index (κ3) is 3.37. The smallest absolute Gasteiger partial charge is 0.252 e. The van der Waals surface area contributed by atoms with Crippen LogP contribution in [0, 0.1) is 0 Å². The molecule has 1 unspecified atom stereocenters. The SMILES string of the molecule is CC(NC(=O)c1cc(N)n2nc(-c3ccccc3)nc2c1)c1ccccc1. The number of fused-ring (bicyclic) bond motifs is 1. The molecule has 0 aliphatic heterocycles. The Labute approximate surface area is 156 Å². The van der Waals surface area contributed by atoms with Crippen LogP contribution < -0.4 is 11.1 Å². The summed E-state index contributed by atoms with van der Waals surface area (Å²) in [5.41, 5.74) is 9.02. The summed E-state index contributed by atoms with van der Waals surface area (Å²) in [6.07, 6.45) is 0. The average Bonchev–Trinajstić information content (AvgIpc) is 3.14. The first-order valence-electron chi connectivity index (χ1n) is 8.69. The number of pyridine rings is 1. The van der Waals surface area contributed by atoms with Gasteiger partial charge >= 0.3 is 0 Å². The van der Waals surface area contributed by atoms with Gasteiger partial charge in [0, 0.05) is 11.1 Å². The fourth-order valence-electron chi connectivity index (χ4n) is 2.95. The molecule has 3 N–H and O–H groups in total. The molecule has 0 saturated heterocycles. The van der Waals surface area contributed by atoms with Crippen LogP contribution in [0.2, 0.25) is 0 Å². The molecule has 4 aromatic rings. The summed E-state index contributed by atoms with van der Waals surface area (Å²) in [7, 11) is 0. The van der Waals surface area contributed by atoms with Crippen LogP contribution in [0.15, 0.2) is 72.8 Å². The first-order valence-corrected chi connectivity index (χ1v) is 8.69. The summed E-state index contributed by atoms with van der Waals surface area (Å²) in [5.74, 6) is 0.724. The summed E-state index contributed by atoms with van der Waals surface area (Å²) < 4.78 is 1.54. The van der Waals surface area contributed by atoms with Crippen molar-refractivity contribution in [2.24, 2.45) is 0 Å². The van der Waals surface area contributed by atoms with Gasteiger partial charge in [-0.2, -0.15) is 4.52 Å². The van der Waals surface area contributed by atoms with Crippen molar-refractivity contribution in [3.63, 3.8) is 0 Å². The third-order valence-electron chi connectivity index (χ3n) is 4.41. The number of hydrogen-bond donors (Lipinski definition) is 2. The normalized spacial score (nSPS) is 12.0. The number of amides is 1. The Hall–Kier alpha value is -3.67. The lowest BCUT2D eigenvalue weighted by Gasteiger charge is -2.14. The maximum Gasteiger partial charge on any atom is 0.252 e. The average molecular weight is 357 g/mol. The zero-order valence-electron chi connectivity index (χ0n) is 14.8. The Morgan fingerprint density at radius 3 is 2.41 bits per heavy atom. The molecule has 0 fully saturated rings. The first-order chi connectivity index (χ1) is 13.1. The van der Waals surface area contributed by atoms with Crippen LogP contribution in [-0.4, -0.2) is 20.5 Å². The molecule has 0 radical (unpaired) electrons. The third-order valence-corrected chi connectivity index (χ3v) is 4.41. The summed E-state index contributed by atoms with van der Waals surface area (Å²) in [6.45, 7) is 1.94. The lowest BCUT2D eigenvalue weighted by molar-refractivity contribution is 0.0940. The lowest BCUT2D eigenvalue weighted by Crippen LogP contribution is -2.26. The van der Waals surface area contributed by atoms with Gasteiger partial charge in [-0.1, -0.05) is 60.7 Å². The van der Waals surface area contributed by atoms with Crippen LogP contribution in [0.25, 0.3) is 17.0 Å². The fourth-order valence-corrected chi connectivity index (χ4v) is 2.95. The Morgan fingerprint density at radius 1 is 1.04 bits per heavy atom. The molecule has 27 heavy (non-hydrogen) atoms. The first kappa shape index (κ1) is 16.8. The quantitative estimate of drug-likeness (QED) is 0.586. The topological polar surface area (TPSA) is 85.3 Å². The molecule has 4 rings (SSSR count). The number of anilines is 1. The van der Waals surface area contributed by atoms with Gasteiger partial charge < -0.3 is 11.1 Å². The molecule has 1 atom stereocenters. The van der Waals surface area contributed by atoms with Gasteiger partial charge in [0.1, 0.15) is 5.82 Å². The number of hydrogen-bond acceptors (Lipinski definition) is 4. The van der Waals surface area contributed by atoms with Gasteiger partial charge in [0.05, 0.1) is 6.04 Å². The van der Waals surface area contributed by atoms with E-state index in [1.54, 1.807) is 16.6 Å². The predicted octanol–water partition coefficient (Wildman–Crippen LogP) is 3.47. The molecular weight excluding hydrogens is 338 g/mol. The number of nitrogens with zero attached hydrogens (tertiary/aromatic N) is 3. The van der Waals surface area contributed by atoms with Gasteiger partial charge in [0.2, 0.25) is 0 Å². The molecular formula is C21H19N5O. The van der Waals surface area contributed by atoms with E-state index in [0.717, 1.165) is 11.1 Å². The number of nitrogens with one attached hydrogen (secondary N) is 1. The molecule has 6 nitrogen and oxygen atoms in total. The van der Waals surface area contributed by atoms with E-state index in [2.05, 4.69) is 15.4 Å². The molecule has 0 aliphatic rings. The maximum atomic E-state index is 12.7. The minimum atomic E-state index is -0.204. The highest BCUT2D eigenvalue weighted by Crippen LogP contribution is 2.20. The van der Waals surface area contributed by atoms with Crippen LogP contribution in [0.1, 0.15) is 28.9 Å². The molecule has 134 valence electrons. The van der Waals surface area contributed by atoms with Gasteiger partial charge in [0.15, 0.2) is 11.5 Å². The largest absolute Gasteiger partial charge is 0.384 e. The minimum Gasteiger partial charge on any atom is -0.384 e. The summed E-state index contributed by atoms with van der Waals surface area (Å²) in [5, 5.41) is 7.43. The number of nitrogens with two attached hydrogens (primary N) is 1. The van der Waals surface area contributed by atoms with Crippen LogP contribution >= 0.6 is 0 Å². The second kappa shape index (κ2) is 6.92. The molecule has 2 aromatic carbocycles. The highest BCUT2D eigenvalue weighted by Gasteiger charge is 2.15. The molecule has 1 amide bonds. The van der Waals surface area contributed by atoms with E-state index in [-0.39, 0.29) is 11.9 Å². The maximum absolute atomic E-state index is 12.7. The van der Waals surface area contributed by atoms with Crippen LogP contribution in [0.4, 0.5) is 5.82 Å². The molecule has 2 aromatic heterocycles. The van der Waals surface area contributed by atoms with Crippen molar-refractivity contribution in [2.45, 2.75) is 13.0 Å². The van der Waals surface area contributed by atoms with Gasteiger partial charge in [-0.05, 0) is 24.6 Å². The Kier molecular flexibility index (Phi) is 4.30. The van der Waals surface area contributed by atoms with E-state index in [0.29, 0.717) is 22.9 Å². The number of carbonyl (C=O) groups is 1. The number of carbonyl (C=O) groups excluding carboxylic acids is 1. The molecule has 2 heterocycles. The number of benzene rings is 2. The van der Waals surface area contributed by atoms with Crippen LogP contribution in [0.3, 0.4) is 0 Å². The highest BCUT2D eigenvalue weighted by molar-refractivity contribution is 5.96. The van der Waals surface area contributed by atoms with Crippen molar-refractivity contribution in [2.75, 3.05) is 5.73 Å². The van der Waals surface area contributed by atoms with E-state index in [1.807, 2.05) is 67.6 Å². The lowest BCUT2D eigenvalue weighted by atomic mass is 10.1. The Balaban J connectivity index is 1.63. The Morgan fingerprint density at radius 2 is 1.70 bits per heavy atom. The highest BCUT2D eigenvalue weighted by atomic mass is 16.1. The van der Waals surface area contributed by atoms with Crippen molar-refractivity contribution in [3.05, 3.63) is 83.9 Å². The van der Waals surface area contributed by atoms with Crippen molar-refractivity contribution in [3.8, 4) is 11.4 Å². The predicted molar refractivity (Wildman–Crippen MR) is 105 cm³/mol. The summed E-state index contributed by atoms with van der Waals surface area (Å²) in [4.78, 5) is 17.2. The standard InChI is InChI=1S/C21H19N5O/c1-14(15-8-4-2-5-9-15)23-21(27)17-12-18(22)26-19(13-17)24-20(25-26)16-10-6-3-7-11-16/h2-14H,22H2,1H3,(H,23,27). The van der Waals surface area contributed by atoms with E-state index >= 15 is 0 Å². The van der Waals surface area contributed by atoms with Gasteiger partial charge in [-0.15, -0.1) is 5.10 Å². The van der Waals surface area contributed by atoms with E-state index < -0.39 is 0 Å². The van der Waals surface area contributed by atoms with Gasteiger partial charge in [-0.25, -0.2) is 4.98 Å². The van der Waals surface area contributed by atoms with Crippen molar-refractivity contribution >= 4 is 17.4 Å². The molecule has 0 aliphatic carbocycles. The van der Waals surface area contributed by atoms with Crippen LogP contribution in [0.5, 0.6) is 0 Å². The van der Waals surface area contributed by atoms with Gasteiger partial charge in [0.25, 0.3) is 5.91 Å². The van der Waals surface area contributed by atoms with E-state index in [1.165, 1.54) is 0 Å². The van der Waals surface area contributed by atoms with Crippen molar-refractivity contribution < 1.29 is 4.79 Å². The zero-order valence-corrected chi connectivity index (χ0v) is 14.8. The van der Waals surface area contributed by atoms with Crippen molar-refractivity contribution in [1.82, 2.24) is 19.9 Å². The van der Waals surface area contributed by atoms with E-state index in [4.69, 9.17) is 5.73 Å². The van der Waals surface area contributed by atoms with Gasteiger partial charge in [-0.3, -0.25) is 4.79 Å². The molecule has 0 saturated carbocycles. The molecule has 6 heteroatoms. The molecule has 0 spiro atoms. The number of rotatable bonds is 4. The van der Waals surface area contributed by atoms with Crippen molar-refractivity contribution in [1.29, 1.82) is 0 Å². The summed E-state index contributed by atoms with van der Waals surface area (Å²) >= 11 is 0. The second-order valence-corrected chi connectivity index (χ2v) is 6.35. The Bertz CT molecular complexity index is 1090. The fraction of sp³-hybridized carbons (Fsp3) is 0.0952. The van der Waals surface area contributed by atoms with E-state index in [9.17, 15) is 4.79 Å². The van der Waals surface area contributed by atoms with Crippen LogP contribution in [-0.2, 0) is 0 Å². The summed E-state index contributed by atoms with van der Waals surface area (Å²) in [6, 6.07) is 22.6. The molecule has 0 bridgehead atoms. The second-order valence-electron chi connectivity index (χ2n) is 6.35. The minimum absolute atomic E-state index is 0.117. The number of aromatic nitrogens is 3.